The lowest BCUT2D eigenvalue weighted by Crippen LogP contribution is -2.26. The third kappa shape index (κ3) is 4.92. The summed E-state index contributed by atoms with van der Waals surface area (Å²) in [5, 5.41) is 2.83. The van der Waals surface area contributed by atoms with Crippen LogP contribution >= 0.6 is 0 Å². The maximum absolute atomic E-state index is 12.9. The number of aryl methyl sites for hydroxylation is 1. The summed E-state index contributed by atoms with van der Waals surface area (Å²) in [4.78, 5) is 12.8. The highest BCUT2D eigenvalue weighted by molar-refractivity contribution is 7.89. The Hall–Kier alpha value is -3.36. The molecule has 3 aromatic rings. The monoisotopic (exact) mass is 452 g/mol. The van der Waals surface area contributed by atoms with Crippen molar-refractivity contribution in [3.63, 3.8) is 0 Å². The van der Waals surface area contributed by atoms with E-state index in [2.05, 4.69) is 10.0 Å². The van der Waals surface area contributed by atoms with Crippen LogP contribution in [0.2, 0.25) is 0 Å². The number of para-hydroxylation sites is 1. The number of ether oxygens (including phenoxy) is 2. The van der Waals surface area contributed by atoms with Crippen molar-refractivity contribution in [1.82, 2.24) is 10.0 Å². The van der Waals surface area contributed by atoms with Gasteiger partial charge in [-0.1, -0.05) is 48.5 Å². The van der Waals surface area contributed by atoms with E-state index >= 15 is 0 Å². The van der Waals surface area contributed by atoms with Crippen LogP contribution in [-0.2, 0) is 23.1 Å². The Kier molecular flexibility index (Phi) is 6.43. The summed E-state index contributed by atoms with van der Waals surface area (Å²) in [7, 11) is -3.79. The Balaban J connectivity index is 1.48. The molecule has 7 nitrogen and oxygen atoms in total. The quantitative estimate of drug-likeness (QED) is 0.574. The van der Waals surface area contributed by atoms with Crippen LogP contribution in [0.25, 0.3) is 0 Å². The number of sulfonamides is 1. The van der Waals surface area contributed by atoms with Crippen molar-refractivity contribution >= 4 is 15.9 Å². The summed E-state index contributed by atoms with van der Waals surface area (Å²) in [6.45, 7) is 3.04. The third-order valence-corrected chi connectivity index (χ3v) is 6.68. The fourth-order valence-electron chi connectivity index (χ4n) is 3.43. The number of hydrogen-bond donors (Lipinski definition) is 2. The number of carbonyl (C=O) groups is 1. The van der Waals surface area contributed by atoms with E-state index in [4.69, 9.17) is 9.47 Å². The van der Waals surface area contributed by atoms with Crippen LogP contribution in [0.15, 0.2) is 71.6 Å². The van der Waals surface area contributed by atoms with Crippen molar-refractivity contribution < 1.29 is 22.7 Å². The van der Waals surface area contributed by atoms with Gasteiger partial charge in [-0.25, -0.2) is 13.1 Å². The van der Waals surface area contributed by atoms with Gasteiger partial charge in [0.25, 0.3) is 5.91 Å². The summed E-state index contributed by atoms with van der Waals surface area (Å²) >= 11 is 0. The molecule has 8 heteroatoms. The highest BCUT2D eigenvalue weighted by Gasteiger charge is 2.20. The van der Waals surface area contributed by atoms with Gasteiger partial charge >= 0.3 is 0 Å². The van der Waals surface area contributed by atoms with Crippen LogP contribution < -0.4 is 19.5 Å². The lowest BCUT2D eigenvalue weighted by Gasteiger charge is -2.21. The van der Waals surface area contributed by atoms with E-state index in [9.17, 15) is 13.2 Å². The van der Waals surface area contributed by atoms with E-state index in [1.54, 1.807) is 19.1 Å². The molecule has 0 aromatic heterocycles. The molecule has 1 aliphatic rings. The summed E-state index contributed by atoms with van der Waals surface area (Å²) in [6, 6.07) is 19.4. The largest absolute Gasteiger partial charge is 0.486 e. The molecule has 2 N–H and O–H groups in total. The molecular weight excluding hydrogens is 428 g/mol. The molecule has 1 aliphatic heterocycles. The first-order chi connectivity index (χ1) is 15.4. The van der Waals surface area contributed by atoms with Gasteiger partial charge in [-0.2, -0.15) is 0 Å². The van der Waals surface area contributed by atoms with Crippen molar-refractivity contribution in [2.75, 3.05) is 13.2 Å². The number of fused-ring (bicyclic) bond motifs is 1. The van der Waals surface area contributed by atoms with E-state index in [1.165, 1.54) is 6.07 Å². The molecule has 0 atom stereocenters. The van der Waals surface area contributed by atoms with Crippen molar-refractivity contribution in [2.45, 2.75) is 24.9 Å². The zero-order valence-corrected chi connectivity index (χ0v) is 18.4. The molecule has 0 spiro atoms. The molecule has 0 fully saturated rings. The molecule has 3 aromatic carbocycles. The van der Waals surface area contributed by atoms with Crippen molar-refractivity contribution in [1.29, 1.82) is 0 Å². The first-order valence-electron chi connectivity index (χ1n) is 10.2. The third-order valence-electron chi connectivity index (χ3n) is 5.14. The van der Waals surface area contributed by atoms with Gasteiger partial charge in [-0.3, -0.25) is 4.79 Å². The first-order valence-corrected chi connectivity index (χ1v) is 11.7. The topological polar surface area (TPSA) is 93.7 Å². The van der Waals surface area contributed by atoms with Crippen molar-refractivity contribution in [3.05, 3.63) is 89.0 Å². The number of amides is 1. The molecule has 0 saturated carbocycles. The first kappa shape index (κ1) is 21.9. The summed E-state index contributed by atoms with van der Waals surface area (Å²) < 4.78 is 39.6. The van der Waals surface area contributed by atoms with Crippen molar-refractivity contribution in [3.8, 4) is 11.5 Å². The van der Waals surface area contributed by atoms with E-state index in [0.717, 1.165) is 11.1 Å². The molecule has 32 heavy (non-hydrogen) atoms. The van der Waals surface area contributed by atoms with Gasteiger partial charge < -0.3 is 14.8 Å². The molecular formula is C24H24N2O5S. The van der Waals surface area contributed by atoms with E-state index in [0.29, 0.717) is 30.3 Å². The number of hydrogen-bond acceptors (Lipinski definition) is 5. The summed E-state index contributed by atoms with van der Waals surface area (Å²) in [5.41, 5.74) is 2.46. The summed E-state index contributed by atoms with van der Waals surface area (Å²) in [6.07, 6.45) is 0. The van der Waals surface area contributed by atoms with Gasteiger partial charge in [0, 0.05) is 24.2 Å². The molecule has 1 amide bonds. The van der Waals surface area contributed by atoms with Crippen molar-refractivity contribution in [2.24, 2.45) is 0 Å². The van der Waals surface area contributed by atoms with Crippen LogP contribution in [0.1, 0.15) is 27.0 Å². The molecule has 4 rings (SSSR count). The summed E-state index contributed by atoms with van der Waals surface area (Å²) in [5.74, 6) is 0.895. The average Bonchev–Trinajstić information content (AvgIpc) is 2.82. The molecule has 0 radical (unpaired) electrons. The Morgan fingerprint density at radius 2 is 1.72 bits per heavy atom. The zero-order chi connectivity index (χ0) is 22.6. The second kappa shape index (κ2) is 9.42. The molecule has 1 heterocycles. The minimum atomic E-state index is -3.79. The minimum absolute atomic E-state index is 0.0786. The number of rotatable bonds is 7. The smallest absolute Gasteiger partial charge is 0.251 e. The van der Waals surface area contributed by atoms with Gasteiger partial charge in [-0.05, 0) is 36.2 Å². The van der Waals surface area contributed by atoms with Crippen LogP contribution in [0.4, 0.5) is 0 Å². The minimum Gasteiger partial charge on any atom is -0.486 e. The Morgan fingerprint density at radius 1 is 0.938 bits per heavy atom. The van der Waals surface area contributed by atoms with Gasteiger partial charge in [0.15, 0.2) is 11.5 Å². The van der Waals surface area contributed by atoms with Crippen LogP contribution in [0.5, 0.6) is 11.5 Å². The number of carbonyl (C=O) groups excluding carboxylic acids is 1. The van der Waals surface area contributed by atoms with E-state index in [1.807, 2.05) is 48.5 Å². The van der Waals surface area contributed by atoms with Crippen LogP contribution in [-0.4, -0.2) is 27.5 Å². The van der Waals surface area contributed by atoms with Crippen LogP contribution in [0, 0.1) is 6.92 Å². The molecule has 0 aliphatic carbocycles. The van der Waals surface area contributed by atoms with Gasteiger partial charge in [0.05, 0.1) is 4.90 Å². The fraction of sp³-hybridized carbons (Fsp3) is 0.208. The predicted molar refractivity (Wildman–Crippen MR) is 120 cm³/mol. The second-order valence-electron chi connectivity index (χ2n) is 7.41. The standard InChI is InChI=1S/C24H24N2O5S/c1-17-10-11-19(14-22(17)32(28,29)26-15-18-6-3-2-4-7-18)24(27)25-16-20-8-5-9-21-23(20)31-13-12-30-21/h2-11,14,26H,12-13,15-16H2,1H3,(H,25,27). The predicted octanol–water partition coefficient (Wildman–Crippen LogP) is 3.17. The maximum atomic E-state index is 12.9. The molecule has 0 bridgehead atoms. The Morgan fingerprint density at radius 3 is 2.53 bits per heavy atom. The van der Waals surface area contributed by atoms with Gasteiger partial charge in [0.1, 0.15) is 13.2 Å². The molecule has 166 valence electrons. The van der Waals surface area contributed by atoms with Gasteiger partial charge in [-0.15, -0.1) is 0 Å². The van der Waals surface area contributed by atoms with E-state index < -0.39 is 10.0 Å². The number of nitrogens with one attached hydrogen (secondary N) is 2. The van der Waals surface area contributed by atoms with Gasteiger partial charge in [0.2, 0.25) is 10.0 Å². The Bertz CT molecular complexity index is 1230. The number of benzene rings is 3. The zero-order valence-electron chi connectivity index (χ0n) is 17.6. The highest BCUT2D eigenvalue weighted by Crippen LogP contribution is 2.33. The highest BCUT2D eigenvalue weighted by atomic mass is 32.2. The second-order valence-corrected chi connectivity index (χ2v) is 9.15. The lowest BCUT2D eigenvalue weighted by atomic mass is 10.1. The van der Waals surface area contributed by atoms with E-state index in [-0.39, 0.29) is 29.5 Å². The Labute approximate surface area is 187 Å². The molecule has 0 unspecified atom stereocenters. The normalized spacial score (nSPS) is 12.9. The SMILES string of the molecule is Cc1ccc(C(=O)NCc2cccc3c2OCCO3)cc1S(=O)(=O)NCc1ccccc1. The lowest BCUT2D eigenvalue weighted by molar-refractivity contribution is 0.0949. The maximum Gasteiger partial charge on any atom is 0.251 e. The molecule has 0 saturated heterocycles. The van der Waals surface area contributed by atoms with Crippen LogP contribution in [0.3, 0.4) is 0 Å². The average molecular weight is 453 g/mol. The fourth-order valence-corrected chi connectivity index (χ4v) is 4.72.